The number of rotatable bonds is 4. The number of amides is 1. The zero-order valence-corrected chi connectivity index (χ0v) is 13.4. The number of hydrogen-bond acceptors (Lipinski definition) is 4. The second-order valence-corrected chi connectivity index (χ2v) is 6.77. The van der Waals surface area contributed by atoms with E-state index in [2.05, 4.69) is 11.9 Å². The first-order chi connectivity index (χ1) is 10.7. The van der Waals surface area contributed by atoms with Crippen molar-refractivity contribution in [3.8, 4) is 6.07 Å². The first kappa shape index (κ1) is 16.9. The zero-order valence-electron chi connectivity index (χ0n) is 12.5. The molecule has 0 saturated carbocycles. The Balaban J connectivity index is 2.27. The van der Waals surface area contributed by atoms with Crippen molar-refractivity contribution in [2.24, 2.45) is 5.92 Å². The van der Waals surface area contributed by atoms with E-state index in [0.717, 1.165) is 30.1 Å². The van der Waals surface area contributed by atoms with Crippen LogP contribution in [0.15, 0.2) is 52.5 Å². The van der Waals surface area contributed by atoms with E-state index >= 15 is 0 Å². The van der Waals surface area contributed by atoms with Gasteiger partial charge in [-0.05, 0) is 49.1 Å². The van der Waals surface area contributed by atoms with Crippen LogP contribution in [0, 0.1) is 17.2 Å². The van der Waals surface area contributed by atoms with Gasteiger partial charge >= 0.3 is 0 Å². The minimum absolute atomic E-state index is 0.187. The summed E-state index contributed by atoms with van der Waals surface area (Å²) in [5, 5.41) is 11.8. The predicted molar refractivity (Wildman–Crippen MR) is 85.1 cm³/mol. The summed E-state index contributed by atoms with van der Waals surface area (Å²) in [5.74, 6) is -1.56. The van der Waals surface area contributed by atoms with Crippen LogP contribution in [-0.4, -0.2) is 18.9 Å². The van der Waals surface area contributed by atoms with Crippen LogP contribution in [0.5, 0.6) is 0 Å². The van der Waals surface area contributed by atoms with Gasteiger partial charge < -0.3 is 5.32 Å². The highest BCUT2D eigenvalue weighted by molar-refractivity contribution is 7.85. The first-order valence-corrected chi connectivity index (χ1v) is 8.34. The molecule has 0 saturated heterocycles. The van der Waals surface area contributed by atoms with Gasteiger partial charge in [-0.25, -0.2) is 0 Å². The fraction of sp³-hybridized carbons (Fsp3) is 0.250. The van der Waals surface area contributed by atoms with E-state index in [4.69, 9.17) is 4.55 Å². The number of carbonyl (C=O) groups excluding carboxylic acids is 1. The summed E-state index contributed by atoms with van der Waals surface area (Å²) in [6, 6.07) is 7.18. The van der Waals surface area contributed by atoms with Crippen molar-refractivity contribution in [2.75, 3.05) is 5.32 Å². The molecule has 23 heavy (non-hydrogen) atoms. The lowest BCUT2D eigenvalue weighted by Crippen LogP contribution is -2.23. The molecule has 1 atom stereocenters. The summed E-state index contributed by atoms with van der Waals surface area (Å²) in [5.41, 5.74) is 2.57. The van der Waals surface area contributed by atoms with Gasteiger partial charge in [0.25, 0.3) is 10.1 Å². The molecule has 0 aromatic heterocycles. The molecule has 1 aliphatic rings. The van der Waals surface area contributed by atoms with Gasteiger partial charge in [0.05, 0.1) is 11.0 Å². The minimum atomic E-state index is -4.36. The van der Waals surface area contributed by atoms with Crippen molar-refractivity contribution in [2.45, 2.75) is 24.7 Å². The Bertz CT molecular complexity index is 847. The third-order valence-corrected chi connectivity index (χ3v) is 4.57. The minimum Gasteiger partial charge on any atom is -0.325 e. The highest BCUT2D eigenvalue weighted by Crippen LogP contribution is 2.35. The van der Waals surface area contributed by atoms with Gasteiger partial charge in [-0.15, -0.1) is 0 Å². The molecular formula is C16H16N2O4S. The number of carbonyl (C=O) groups is 1. The number of hydrogen-bond donors (Lipinski definition) is 2. The van der Waals surface area contributed by atoms with E-state index < -0.39 is 21.9 Å². The largest absolute Gasteiger partial charge is 0.325 e. The summed E-state index contributed by atoms with van der Waals surface area (Å²) < 4.78 is 31.3. The highest BCUT2D eigenvalue weighted by Gasteiger charge is 2.29. The Morgan fingerprint density at radius 1 is 1.43 bits per heavy atom. The second-order valence-electron chi connectivity index (χ2n) is 5.35. The first-order valence-electron chi connectivity index (χ1n) is 6.90. The third kappa shape index (κ3) is 3.67. The van der Waals surface area contributed by atoms with E-state index in [0.29, 0.717) is 5.57 Å². The van der Waals surface area contributed by atoms with Gasteiger partial charge in [0.1, 0.15) is 0 Å². The topological polar surface area (TPSA) is 107 Å². The predicted octanol–water partition coefficient (Wildman–Crippen LogP) is 2.68. The lowest BCUT2D eigenvalue weighted by Gasteiger charge is -2.14. The number of allylic oxidation sites excluding steroid dienone is 2. The molecule has 0 fully saturated rings. The zero-order chi connectivity index (χ0) is 17.2. The van der Waals surface area contributed by atoms with E-state index in [9.17, 15) is 18.5 Å². The summed E-state index contributed by atoms with van der Waals surface area (Å²) in [6.07, 6.45) is 1.50. The summed E-state index contributed by atoms with van der Waals surface area (Å²) in [7, 11) is -4.36. The van der Waals surface area contributed by atoms with Gasteiger partial charge in [-0.2, -0.15) is 13.7 Å². The van der Waals surface area contributed by atoms with Gasteiger partial charge in [0.15, 0.2) is 5.92 Å². The van der Waals surface area contributed by atoms with Crippen LogP contribution in [0.2, 0.25) is 0 Å². The van der Waals surface area contributed by atoms with Crippen molar-refractivity contribution in [1.82, 2.24) is 0 Å². The molecule has 0 heterocycles. The van der Waals surface area contributed by atoms with Crippen LogP contribution in [0.4, 0.5) is 5.69 Å². The van der Waals surface area contributed by atoms with Crippen molar-refractivity contribution < 1.29 is 17.8 Å². The Kier molecular flexibility index (Phi) is 4.68. The SMILES string of the molecule is C=C1CCC(C)=C1C(C#N)C(=O)Nc1cccc(S(=O)(=O)O)c1. The summed E-state index contributed by atoms with van der Waals surface area (Å²) in [6.45, 7) is 5.75. The molecule has 6 nitrogen and oxygen atoms in total. The fourth-order valence-corrected chi connectivity index (χ4v) is 3.09. The van der Waals surface area contributed by atoms with E-state index in [1.165, 1.54) is 18.2 Å². The number of benzene rings is 1. The quantitative estimate of drug-likeness (QED) is 0.824. The average molecular weight is 332 g/mol. The maximum Gasteiger partial charge on any atom is 0.294 e. The smallest absolute Gasteiger partial charge is 0.294 e. The van der Waals surface area contributed by atoms with Crippen LogP contribution >= 0.6 is 0 Å². The van der Waals surface area contributed by atoms with Gasteiger partial charge in [0.2, 0.25) is 5.91 Å². The van der Waals surface area contributed by atoms with Gasteiger partial charge in [-0.3, -0.25) is 9.35 Å². The van der Waals surface area contributed by atoms with Crippen molar-refractivity contribution in [3.63, 3.8) is 0 Å². The molecule has 7 heteroatoms. The van der Waals surface area contributed by atoms with E-state index in [1.54, 1.807) is 0 Å². The molecule has 0 spiro atoms. The maximum atomic E-state index is 12.4. The van der Waals surface area contributed by atoms with Crippen molar-refractivity contribution in [3.05, 3.63) is 47.6 Å². The lowest BCUT2D eigenvalue weighted by atomic mass is 9.94. The molecule has 1 aromatic rings. The standard InChI is InChI=1S/C16H16N2O4S/c1-10-6-7-11(2)15(10)14(9-17)16(19)18-12-4-3-5-13(8-12)23(20,21)22/h3-5,8,14H,1,6-7H2,2H3,(H,18,19)(H,20,21,22). The fourth-order valence-electron chi connectivity index (χ4n) is 2.56. The Hall–Kier alpha value is -2.43. The molecule has 2 rings (SSSR count). The normalized spacial score (nSPS) is 16.1. The molecule has 0 bridgehead atoms. The molecular weight excluding hydrogens is 316 g/mol. The Labute approximate surface area is 134 Å². The molecule has 1 amide bonds. The molecule has 0 aliphatic heterocycles. The number of nitriles is 1. The van der Waals surface area contributed by atoms with Crippen LogP contribution < -0.4 is 5.32 Å². The average Bonchev–Trinajstić information content (AvgIpc) is 2.80. The number of nitrogens with one attached hydrogen (secondary N) is 1. The van der Waals surface area contributed by atoms with E-state index in [-0.39, 0.29) is 10.6 Å². The third-order valence-electron chi connectivity index (χ3n) is 3.72. The van der Waals surface area contributed by atoms with Crippen LogP contribution in [0.1, 0.15) is 19.8 Å². The molecule has 0 radical (unpaired) electrons. The number of anilines is 1. The second kappa shape index (κ2) is 6.36. The molecule has 1 aromatic carbocycles. The molecule has 1 unspecified atom stereocenters. The molecule has 120 valence electrons. The maximum absolute atomic E-state index is 12.4. The van der Waals surface area contributed by atoms with E-state index in [1.807, 2.05) is 13.0 Å². The lowest BCUT2D eigenvalue weighted by molar-refractivity contribution is -0.117. The molecule has 1 aliphatic carbocycles. The van der Waals surface area contributed by atoms with Crippen molar-refractivity contribution >= 4 is 21.7 Å². The van der Waals surface area contributed by atoms with Crippen LogP contribution in [-0.2, 0) is 14.9 Å². The Morgan fingerprint density at radius 2 is 2.13 bits per heavy atom. The Morgan fingerprint density at radius 3 is 2.65 bits per heavy atom. The van der Waals surface area contributed by atoms with Crippen molar-refractivity contribution in [1.29, 1.82) is 5.26 Å². The molecule has 2 N–H and O–H groups in total. The monoisotopic (exact) mass is 332 g/mol. The highest BCUT2D eigenvalue weighted by atomic mass is 32.2. The van der Waals surface area contributed by atoms with Gasteiger partial charge in [0, 0.05) is 5.69 Å². The summed E-state index contributed by atoms with van der Waals surface area (Å²) >= 11 is 0. The summed E-state index contributed by atoms with van der Waals surface area (Å²) in [4.78, 5) is 12.0. The van der Waals surface area contributed by atoms with Crippen LogP contribution in [0.25, 0.3) is 0 Å². The van der Waals surface area contributed by atoms with Gasteiger partial charge in [-0.1, -0.05) is 18.2 Å². The van der Waals surface area contributed by atoms with Crippen LogP contribution in [0.3, 0.4) is 0 Å². The number of nitrogens with zero attached hydrogens (tertiary/aromatic N) is 1.